The monoisotopic (exact) mass is 206 g/mol. The molecule has 2 N–H and O–H groups in total. The highest BCUT2D eigenvalue weighted by atomic mass is 16.3. The Balaban J connectivity index is 2.15. The molecule has 0 bridgehead atoms. The number of nitrogens with zero attached hydrogens (tertiary/aromatic N) is 3. The molecule has 0 aromatic carbocycles. The molecule has 2 aromatic heterocycles. The number of H-pyrrole nitrogens is 1. The van der Waals surface area contributed by atoms with Gasteiger partial charge in [-0.05, 0) is 6.42 Å². The van der Waals surface area contributed by atoms with E-state index >= 15 is 0 Å². The molecule has 0 spiro atoms. The lowest BCUT2D eigenvalue weighted by Crippen LogP contribution is -2.01. The molecule has 0 fully saturated rings. The summed E-state index contributed by atoms with van der Waals surface area (Å²) in [6, 6.07) is 0. The number of hydrogen-bond donors (Lipinski definition) is 2. The highest BCUT2D eigenvalue weighted by molar-refractivity contribution is 5.16. The summed E-state index contributed by atoms with van der Waals surface area (Å²) < 4.78 is 1.82. The van der Waals surface area contributed by atoms with Crippen molar-refractivity contribution in [2.75, 3.05) is 0 Å². The van der Waals surface area contributed by atoms with Crippen LogP contribution in [0.1, 0.15) is 30.8 Å². The largest absolute Gasteiger partial charge is 0.380 e. The second kappa shape index (κ2) is 4.27. The van der Waals surface area contributed by atoms with Crippen LogP contribution in [-0.4, -0.2) is 24.9 Å². The van der Waals surface area contributed by atoms with E-state index in [9.17, 15) is 5.11 Å². The summed E-state index contributed by atoms with van der Waals surface area (Å²) in [6.45, 7) is 2.95. The zero-order valence-corrected chi connectivity index (χ0v) is 8.59. The maximum Gasteiger partial charge on any atom is 0.140 e. The third-order valence-electron chi connectivity index (χ3n) is 2.20. The third-order valence-corrected chi connectivity index (χ3v) is 2.20. The first-order chi connectivity index (χ1) is 7.31. The predicted octanol–water partition coefficient (Wildman–Crippen LogP) is 1.10. The van der Waals surface area contributed by atoms with E-state index in [1.54, 1.807) is 18.6 Å². The lowest BCUT2D eigenvalue weighted by molar-refractivity contribution is 0.211. The quantitative estimate of drug-likeness (QED) is 0.787. The number of rotatable bonds is 4. The molecule has 2 rings (SSSR count). The fourth-order valence-corrected chi connectivity index (χ4v) is 1.46. The topological polar surface area (TPSA) is 66.7 Å². The molecule has 0 aliphatic carbocycles. The van der Waals surface area contributed by atoms with Gasteiger partial charge in [0, 0.05) is 30.7 Å². The Labute approximate surface area is 87.8 Å². The summed E-state index contributed by atoms with van der Waals surface area (Å²) in [5.74, 6) is 0.547. The van der Waals surface area contributed by atoms with E-state index in [1.165, 1.54) is 0 Å². The summed E-state index contributed by atoms with van der Waals surface area (Å²) >= 11 is 0. The molecule has 0 aliphatic heterocycles. The van der Waals surface area contributed by atoms with Crippen LogP contribution in [0.4, 0.5) is 0 Å². The number of aromatic nitrogens is 4. The van der Waals surface area contributed by atoms with Crippen LogP contribution in [0.5, 0.6) is 0 Å². The van der Waals surface area contributed by atoms with Crippen molar-refractivity contribution < 1.29 is 5.11 Å². The summed E-state index contributed by atoms with van der Waals surface area (Å²) in [6.07, 6.45) is 7.13. The van der Waals surface area contributed by atoms with E-state index in [2.05, 4.69) is 22.0 Å². The van der Waals surface area contributed by atoms with Crippen LogP contribution in [-0.2, 0) is 6.54 Å². The molecule has 80 valence electrons. The Morgan fingerprint density at radius 1 is 1.60 bits per heavy atom. The van der Waals surface area contributed by atoms with Crippen molar-refractivity contribution in [2.45, 2.75) is 26.0 Å². The molecule has 0 amide bonds. The van der Waals surface area contributed by atoms with E-state index < -0.39 is 6.10 Å². The second-order valence-corrected chi connectivity index (χ2v) is 3.41. The van der Waals surface area contributed by atoms with Gasteiger partial charge in [-0.15, -0.1) is 0 Å². The molecule has 5 heteroatoms. The molecule has 1 unspecified atom stereocenters. The van der Waals surface area contributed by atoms with Crippen molar-refractivity contribution in [1.29, 1.82) is 0 Å². The number of imidazole rings is 1. The van der Waals surface area contributed by atoms with Crippen molar-refractivity contribution in [3.63, 3.8) is 0 Å². The number of nitrogens with one attached hydrogen (secondary N) is 1. The molecular formula is C10H14N4O. The van der Waals surface area contributed by atoms with Crippen molar-refractivity contribution in [3.05, 3.63) is 36.2 Å². The molecule has 0 saturated heterocycles. The normalized spacial score (nSPS) is 12.9. The lowest BCUT2D eigenvalue weighted by atomic mass is 10.2. The van der Waals surface area contributed by atoms with Crippen LogP contribution < -0.4 is 0 Å². The Bertz CT molecular complexity index is 407. The van der Waals surface area contributed by atoms with Crippen LogP contribution in [0.25, 0.3) is 0 Å². The molecule has 2 heterocycles. The zero-order chi connectivity index (χ0) is 10.7. The van der Waals surface area contributed by atoms with Crippen molar-refractivity contribution in [2.24, 2.45) is 0 Å². The van der Waals surface area contributed by atoms with Gasteiger partial charge >= 0.3 is 0 Å². The fourth-order valence-electron chi connectivity index (χ4n) is 1.46. The zero-order valence-electron chi connectivity index (χ0n) is 8.59. The van der Waals surface area contributed by atoms with Crippen LogP contribution in [0.2, 0.25) is 0 Å². The van der Waals surface area contributed by atoms with Gasteiger partial charge in [-0.2, -0.15) is 5.10 Å². The molecule has 0 radical (unpaired) electrons. The molecule has 2 aromatic rings. The minimum absolute atomic E-state index is 0.547. The van der Waals surface area contributed by atoms with Gasteiger partial charge in [-0.3, -0.25) is 4.68 Å². The van der Waals surface area contributed by atoms with E-state index in [0.717, 1.165) is 18.5 Å². The summed E-state index contributed by atoms with van der Waals surface area (Å²) in [7, 11) is 0. The average Bonchev–Trinajstić information content (AvgIpc) is 2.87. The minimum Gasteiger partial charge on any atom is -0.380 e. The number of hydrogen-bond acceptors (Lipinski definition) is 3. The lowest BCUT2D eigenvalue weighted by Gasteiger charge is -2.03. The Morgan fingerprint density at radius 2 is 2.47 bits per heavy atom. The van der Waals surface area contributed by atoms with Gasteiger partial charge in [0.1, 0.15) is 11.9 Å². The number of aryl methyl sites for hydroxylation is 1. The van der Waals surface area contributed by atoms with Gasteiger partial charge in [-0.25, -0.2) is 4.98 Å². The fraction of sp³-hybridized carbons (Fsp3) is 0.400. The second-order valence-electron chi connectivity index (χ2n) is 3.41. The van der Waals surface area contributed by atoms with E-state index in [0.29, 0.717) is 5.82 Å². The van der Waals surface area contributed by atoms with Crippen LogP contribution in [0, 0.1) is 0 Å². The van der Waals surface area contributed by atoms with E-state index in [-0.39, 0.29) is 0 Å². The predicted molar refractivity (Wildman–Crippen MR) is 55.2 cm³/mol. The van der Waals surface area contributed by atoms with Crippen LogP contribution in [0.3, 0.4) is 0 Å². The average molecular weight is 206 g/mol. The van der Waals surface area contributed by atoms with E-state index in [1.807, 2.05) is 10.9 Å². The highest BCUT2D eigenvalue weighted by Gasteiger charge is 2.14. The molecule has 0 aliphatic rings. The number of aliphatic hydroxyl groups is 1. The number of aromatic amines is 1. The standard InChI is InChI=1S/C10H14N4O/c1-2-5-14-7-8(6-13-14)9(15)10-11-3-4-12-10/h3-4,6-7,9,15H,2,5H2,1H3,(H,11,12). The Hall–Kier alpha value is -1.62. The van der Waals surface area contributed by atoms with Crippen molar-refractivity contribution in [1.82, 2.24) is 19.7 Å². The maximum atomic E-state index is 9.92. The van der Waals surface area contributed by atoms with E-state index in [4.69, 9.17) is 0 Å². The van der Waals surface area contributed by atoms with Gasteiger partial charge < -0.3 is 10.1 Å². The van der Waals surface area contributed by atoms with Gasteiger partial charge in [0.2, 0.25) is 0 Å². The molecule has 0 saturated carbocycles. The van der Waals surface area contributed by atoms with Gasteiger partial charge in [-0.1, -0.05) is 6.92 Å². The first kappa shape index (κ1) is 9.92. The van der Waals surface area contributed by atoms with Crippen LogP contribution >= 0.6 is 0 Å². The summed E-state index contributed by atoms with van der Waals surface area (Å²) in [5.41, 5.74) is 0.762. The van der Waals surface area contributed by atoms with Gasteiger partial charge in [0.05, 0.1) is 6.20 Å². The maximum absolute atomic E-state index is 9.92. The first-order valence-corrected chi connectivity index (χ1v) is 5.01. The Kier molecular flexibility index (Phi) is 2.82. The van der Waals surface area contributed by atoms with Gasteiger partial charge in [0.25, 0.3) is 0 Å². The smallest absolute Gasteiger partial charge is 0.140 e. The summed E-state index contributed by atoms with van der Waals surface area (Å²) in [5, 5.41) is 14.1. The minimum atomic E-state index is -0.717. The van der Waals surface area contributed by atoms with Crippen LogP contribution in [0.15, 0.2) is 24.8 Å². The molecule has 5 nitrogen and oxygen atoms in total. The Morgan fingerprint density at radius 3 is 3.13 bits per heavy atom. The van der Waals surface area contributed by atoms with Crippen molar-refractivity contribution in [3.8, 4) is 0 Å². The highest BCUT2D eigenvalue weighted by Crippen LogP contribution is 2.17. The third kappa shape index (κ3) is 2.07. The molecular weight excluding hydrogens is 192 g/mol. The number of aliphatic hydroxyl groups excluding tert-OH is 1. The SMILES string of the molecule is CCCn1cc(C(O)c2ncc[nH]2)cn1. The summed E-state index contributed by atoms with van der Waals surface area (Å²) in [4.78, 5) is 6.88. The molecule has 15 heavy (non-hydrogen) atoms. The van der Waals surface area contributed by atoms with Gasteiger partial charge in [0.15, 0.2) is 0 Å². The van der Waals surface area contributed by atoms with Crippen molar-refractivity contribution >= 4 is 0 Å². The molecule has 1 atom stereocenters. The first-order valence-electron chi connectivity index (χ1n) is 5.01.